The van der Waals surface area contributed by atoms with Crippen LogP contribution >= 0.6 is 11.8 Å². The molecule has 172 valence electrons. The summed E-state index contributed by atoms with van der Waals surface area (Å²) >= 11 is 0.992. The average molecular weight is 467 g/mol. The number of imide groups is 1. The second kappa shape index (κ2) is 11.3. The third-order valence-electron chi connectivity index (χ3n) is 5.25. The monoisotopic (exact) mass is 466 g/mol. The summed E-state index contributed by atoms with van der Waals surface area (Å²) < 4.78 is 0. The number of nitrogen functional groups attached to an aromatic ring is 1. The van der Waals surface area contributed by atoms with Crippen LogP contribution in [0.25, 0.3) is 0 Å². The van der Waals surface area contributed by atoms with E-state index >= 15 is 0 Å². The summed E-state index contributed by atoms with van der Waals surface area (Å²) in [6.07, 6.45) is 5.11. The maximum absolute atomic E-state index is 12.6. The van der Waals surface area contributed by atoms with Gasteiger partial charge in [-0.3, -0.25) is 14.9 Å². The Labute approximate surface area is 196 Å². The normalized spacial score (nSPS) is 14.5. The van der Waals surface area contributed by atoms with Gasteiger partial charge in [0.2, 0.25) is 5.91 Å². The number of carbonyl (C=O) groups is 3. The summed E-state index contributed by atoms with van der Waals surface area (Å²) in [6, 6.07) is 11.7. The Hall–Kier alpha value is -3.58. The number of amides is 4. The first kappa shape index (κ1) is 24.1. The molecule has 1 heterocycles. The molecule has 1 saturated carbocycles. The van der Waals surface area contributed by atoms with Crippen molar-refractivity contribution in [1.82, 2.24) is 15.6 Å². The largest absolute Gasteiger partial charge is 0.383 e. The summed E-state index contributed by atoms with van der Waals surface area (Å²) in [7, 11) is 0. The van der Waals surface area contributed by atoms with Crippen LogP contribution in [0.2, 0.25) is 0 Å². The fraction of sp³-hybridized carbons (Fsp3) is 0.348. The molecule has 3 rings (SSSR count). The number of nitrogens with two attached hydrogens (primary N) is 1. The topological polar surface area (TPSA) is 150 Å². The fourth-order valence-electron chi connectivity index (χ4n) is 3.48. The van der Waals surface area contributed by atoms with Gasteiger partial charge in [-0.2, -0.15) is 5.26 Å². The molecule has 1 atom stereocenters. The third-order valence-corrected chi connectivity index (χ3v) is 6.35. The Morgan fingerprint density at radius 3 is 2.55 bits per heavy atom. The van der Waals surface area contributed by atoms with Crippen molar-refractivity contribution >= 4 is 41.1 Å². The average Bonchev–Trinajstić information content (AvgIpc) is 2.80. The number of hydrogen-bond acceptors (Lipinski definition) is 7. The van der Waals surface area contributed by atoms with Gasteiger partial charge in [-0.1, -0.05) is 49.2 Å². The highest BCUT2D eigenvalue weighted by Gasteiger charge is 2.23. The minimum Gasteiger partial charge on any atom is -0.383 e. The lowest BCUT2D eigenvalue weighted by Gasteiger charge is -2.23. The molecule has 0 saturated heterocycles. The molecule has 4 amide bonds. The number of rotatable bonds is 6. The van der Waals surface area contributed by atoms with E-state index in [0.29, 0.717) is 5.69 Å². The molecule has 10 heteroatoms. The molecule has 0 aliphatic heterocycles. The van der Waals surface area contributed by atoms with Crippen molar-refractivity contribution in [2.24, 2.45) is 0 Å². The Balaban J connectivity index is 1.64. The van der Waals surface area contributed by atoms with E-state index in [9.17, 15) is 19.6 Å². The number of urea groups is 1. The van der Waals surface area contributed by atoms with E-state index in [4.69, 9.17) is 5.73 Å². The predicted molar refractivity (Wildman–Crippen MR) is 127 cm³/mol. The van der Waals surface area contributed by atoms with Gasteiger partial charge in [-0.05, 0) is 38.0 Å². The molecule has 9 nitrogen and oxygen atoms in total. The quantitative estimate of drug-likeness (QED) is 0.476. The number of carbonyl (C=O) groups excluding carboxylic acids is 3. The van der Waals surface area contributed by atoms with E-state index in [0.717, 1.165) is 43.9 Å². The van der Waals surface area contributed by atoms with Crippen molar-refractivity contribution in [2.45, 2.75) is 55.3 Å². The first-order valence-electron chi connectivity index (χ1n) is 10.7. The minimum absolute atomic E-state index is 0.0590. The molecule has 1 aromatic carbocycles. The molecular weight excluding hydrogens is 440 g/mol. The number of thioether (sulfide) groups is 1. The molecule has 33 heavy (non-hydrogen) atoms. The number of hydrogen-bond donors (Lipinski definition) is 4. The summed E-state index contributed by atoms with van der Waals surface area (Å²) in [5, 5.41) is 16.9. The van der Waals surface area contributed by atoms with Crippen molar-refractivity contribution < 1.29 is 14.4 Å². The highest BCUT2D eigenvalue weighted by atomic mass is 32.2. The Bertz CT molecular complexity index is 1060. The highest BCUT2D eigenvalue weighted by molar-refractivity contribution is 8.00. The smallest absolute Gasteiger partial charge is 0.321 e. The van der Waals surface area contributed by atoms with Gasteiger partial charge >= 0.3 is 6.03 Å². The number of nitrogens with zero attached hydrogens (tertiary/aromatic N) is 2. The standard InChI is InChI=1S/C23H26N6O3S/c1-14(20(30)29-23(32)27-17-10-6-3-7-11-17)33-22-15(13-24)12-18(19(25)28-22)21(31)26-16-8-4-2-5-9-16/h2,4-5,8-9,12,14,17H,3,6-7,10-11H2,1H3,(H2,25,28)(H,26,31)(H2,27,29,30,32). The second-order valence-corrected chi connectivity index (χ2v) is 9.09. The van der Waals surface area contributed by atoms with Crippen molar-refractivity contribution in [2.75, 3.05) is 11.1 Å². The third kappa shape index (κ3) is 6.70. The Morgan fingerprint density at radius 1 is 1.18 bits per heavy atom. The van der Waals surface area contributed by atoms with Crippen molar-refractivity contribution in [3.63, 3.8) is 0 Å². The molecule has 1 aliphatic rings. The first-order chi connectivity index (χ1) is 15.9. The van der Waals surface area contributed by atoms with Gasteiger partial charge in [0.1, 0.15) is 16.9 Å². The number of nitriles is 1. The number of nitrogens with one attached hydrogen (secondary N) is 3. The van der Waals surface area contributed by atoms with Gasteiger partial charge in [0.05, 0.1) is 16.4 Å². The number of anilines is 2. The van der Waals surface area contributed by atoms with E-state index in [1.165, 1.54) is 6.07 Å². The van der Waals surface area contributed by atoms with Gasteiger partial charge in [0, 0.05) is 11.7 Å². The molecule has 1 unspecified atom stereocenters. The van der Waals surface area contributed by atoms with Crippen LogP contribution in [-0.2, 0) is 4.79 Å². The molecule has 0 radical (unpaired) electrons. The van der Waals surface area contributed by atoms with Gasteiger partial charge in [0.25, 0.3) is 5.91 Å². The SMILES string of the molecule is CC(Sc1nc(N)c(C(=O)Nc2ccccc2)cc1C#N)C(=O)NC(=O)NC1CCCCC1. The summed E-state index contributed by atoms with van der Waals surface area (Å²) in [4.78, 5) is 41.4. The van der Waals surface area contributed by atoms with Crippen LogP contribution in [0.1, 0.15) is 54.9 Å². The Morgan fingerprint density at radius 2 is 1.88 bits per heavy atom. The first-order valence-corrected chi connectivity index (χ1v) is 11.6. The molecular formula is C23H26N6O3S. The number of pyridine rings is 1. The zero-order chi connectivity index (χ0) is 23.8. The lowest BCUT2D eigenvalue weighted by atomic mass is 9.96. The molecule has 1 fully saturated rings. The zero-order valence-electron chi connectivity index (χ0n) is 18.3. The van der Waals surface area contributed by atoms with Crippen LogP contribution in [0, 0.1) is 11.3 Å². The Kier molecular flexibility index (Phi) is 8.27. The van der Waals surface area contributed by atoms with E-state index in [2.05, 4.69) is 20.9 Å². The molecule has 2 aromatic rings. The lowest BCUT2D eigenvalue weighted by molar-refractivity contribution is -0.119. The van der Waals surface area contributed by atoms with E-state index in [-0.39, 0.29) is 28.0 Å². The maximum Gasteiger partial charge on any atom is 0.321 e. The summed E-state index contributed by atoms with van der Waals surface area (Å²) in [5.74, 6) is -1.07. The fourth-order valence-corrected chi connectivity index (χ4v) is 4.37. The van der Waals surface area contributed by atoms with Gasteiger partial charge in [0.15, 0.2) is 0 Å². The summed E-state index contributed by atoms with van der Waals surface area (Å²) in [6.45, 7) is 1.60. The van der Waals surface area contributed by atoms with Crippen LogP contribution in [-0.4, -0.2) is 34.1 Å². The lowest BCUT2D eigenvalue weighted by Crippen LogP contribution is -2.47. The highest BCUT2D eigenvalue weighted by Crippen LogP contribution is 2.28. The van der Waals surface area contributed by atoms with Gasteiger partial charge in [-0.15, -0.1) is 0 Å². The number of aromatic nitrogens is 1. The van der Waals surface area contributed by atoms with Crippen molar-refractivity contribution in [1.29, 1.82) is 5.26 Å². The van der Waals surface area contributed by atoms with Gasteiger partial charge in [-0.25, -0.2) is 9.78 Å². The van der Waals surface area contributed by atoms with Crippen molar-refractivity contribution in [3.05, 3.63) is 47.5 Å². The molecule has 5 N–H and O–H groups in total. The molecule has 0 spiro atoms. The van der Waals surface area contributed by atoms with Crippen LogP contribution in [0.15, 0.2) is 41.4 Å². The molecule has 0 bridgehead atoms. The zero-order valence-corrected chi connectivity index (χ0v) is 19.1. The van der Waals surface area contributed by atoms with Crippen LogP contribution in [0.3, 0.4) is 0 Å². The second-order valence-electron chi connectivity index (χ2n) is 7.76. The molecule has 1 aromatic heterocycles. The van der Waals surface area contributed by atoms with Crippen LogP contribution in [0.4, 0.5) is 16.3 Å². The van der Waals surface area contributed by atoms with E-state index in [1.54, 1.807) is 31.2 Å². The summed E-state index contributed by atoms with van der Waals surface area (Å²) in [5.41, 5.74) is 6.73. The van der Waals surface area contributed by atoms with E-state index in [1.807, 2.05) is 12.1 Å². The number of para-hydroxylation sites is 1. The van der Waals surface area contributed by atoms with Gasteiger partial charge < -0.3 is 16.4 Å². The van der Waals surface area contributed by atoms with Crippen molar-refractivity contribution in [3.8, 4) is 6.07 Å². The van der Waals surface area contributed by atoms with Crippen LogP contribution < -0.4 is 21.7 Å². The minimum atomic E-state index is -0.717. The maximum atomic E-state index is 12.6. The number of benzene rings is 1. The predicted octanol–water partition coefficient (Wildman–Crippen LogP) is 3.43. The molecule has 1 aliphatic carbocycles. The van der Waals surface area contributed by atoms with E-state index < -0.39 is 23.1 Å². The van der Waals surface area contributed by atoms with Crippen LogP contribution in [0.5, 0.6) is 0 Å².